The van der Waals surface area contributed by atoms with Crippen molar-refractivity contribution in [1.82, 2.24) is 0 Å². The topological polar surface area (TPSA) is 116 Å². The average molecular weight is 280 g/mol. The fourth-order valence-electron chi connectivity index (χ4n) is 2.45. The Labute approximate surface area is 115 Å². The van der Waals surface area contributed by atoms with E-state index in [4.69, 9.17) is 10.5 Å². The van der Waals surface area contributed by atoms with Crippen LogP contribution in [-0.4, -0.2) is 27.6 Å². The van der Waals surface area contributed by atoms with Crippen LogP contribution in [0.3, 0.4) is 0 Å². The highest BCUT2D eigenvalue weighted by Gasteiger charge is 2.48. The zero-order chi connectivity index (χ0) is 14.8. The summed E-state index contributed by atoms with van der Waals surface area (Å²) in [7, 11) is 0. The number of carboxylic acid groups (broad SMARTS) is 1. The third-order valence-electron chi connectivity index (χ3n) is 3.62. The molecule has 0 radical (unpaired) electrons. The molecule has 1 aliphatic carbocycles. The number of carbonyl (C=O) groups is 1. The van der Waals surface area contributed by atoms with Gasteiger partial charge < -0.3 is 15.6 Å². The van der Waals surface area contributed by atoms with E-state index in [2.05, 4.69) is 0 Å². The Morgan fingerprint density at radius 3 is 2.55 bits per heavy atom. The van der Waals surface area contributed by atoms with Crippen molar-refractivity contribution in [1.29, 1.82) is 0 Å². The highest BCUT2D eigenvalue weighted by atomic mass is 16.6. The lowest BCUT2D eigenvalue weighted by atomic mass is 9.80. The lowest BCUT2D eigenvalue weighted by molar-refractivity contribution is -0.384. The number of benzene rings is 1. The molecular formula is C13H16N2O5. The van der Waals surface area contributed by atoms with Gasteiger partial charge in [0.1, 0.15) is 5.75 Å². The van der Waals surface area contributed by atoms with E-state index >= 15 is 0 Å². The van der Waals surface area contributed by atoms with Crippen molar-refractivity contribution < 1.29 is 19.6 Å². The summed E-state index contributed by atoms with van der Waals surface area (Å²) in [5.41, 5.74) is 4.40. The van der Waals surface area contributed by atoms with Gasteiger partial charge in [-0.2, -0.15) is 0 Å². The zero-order valence-corrected chi connectivity index (χ0v) is 10.8. The van der Waals surface area contributed by atoms with Gasteiger partial charge in [-0.15, -0.1) is 0 Å². The van der Waals surface area contributed by atoms with Crippen LogP contribution < -0.4 is 10.5 Å². The molecule has 1 aromatic carbocycles. The third-order valence-corrected chi connectivity index (χ3v) is 3.62. The molecule has 1 aromatic rings. The van der Waals surface area contributed by atoms with Crippen LogP contribution >= 0.6 is 0 Å². The van der Waals surface area contributed by atoms with Crippen molar-refractivity contribution in [2.75, 3.05) is 0 Å². The summed E-state index contributed by atoms with van der Waals surface area (Å²) in [5.74, 6) is -0.821. The molecule has 2 unspecified atom stereocenters. The summed E-state index contributed by atoms with van der Waals surface area (Å²) in [4.78, 5) is 21.6. The normalized spacial score (nSPS) is 25.9. The number of nitro groups is 1. The van der Waals surface area contributed by atoms with Gasteiger partial charge in [-0.3, -0.25) is 10.1 Å². The second-order valence-electron chi connectivity index (χ2n) is 4.90. The van der Waals surface area contributed by atoms with Crippen LogP contribution in [0, 0.1) is 10.1 Å². The number of carboxylic acids is 1. The van der Waals surface area contributed by atoms with Crippen molar-refractivity contribution >= 4 is 11.7 Å². The van der Waals surface area contributed by atoms with Crippen molar-refractivity contribution in [3.8, 4) is 5.75 Å². The largest absolute Gasteiger partial charge is 0.478 e. The number of ether oxygens (including phenoxy) is 1. The van der Waals surface area contributed by atoms with Crippen molar-refractivity contribution in [2.45, 2.75) is 37.3 Å². The Bertz CT molecular complexity index is 516. The first kappa shape index (κ1) is 14.3. The van der Waals surface area contributed by atoms with Crippen LogP contribution in [0.15, 0.2) is 24.3 Å². The molecule has 7 heteroatoms. The smallest absolute Gasteiger partial charge is 0.349 e. The van der Waals surface area contributed by atoms with E-state index in [1.165, 1.54) is 24.3 Å². The van der Waals surface area contributed by atoms with Crippen molar-refractivity contribution in [3.05, 3.63) is 34.4 Å². The van der Waals surface area contributed by atoms with Crippen molar-refractivity contribution in [3.63, 3.8) is 0 Å². The molecule has 0 aromatic heterocycles. The highest BCUT2D eigenvalue weighted by Crippen LogP contribution is 2.33. The summed E-state index contributed by atoms with van der Waals surface area (Å²) < 4.78 is 5.60. The third kappa shape index (κ3) is 2.57. The minimum atomic E-state index is -1.45. The van der Waals surface area contributed by atoms with Crippen LogP contribution in [0.25, 0.3) is 0 Å². The molecule has 2 atom stereocenters. The monoisotopic (exact) mass is 280 g/mol. The quantitative estimate of drug-likeness (QED) is 0.640. The van der Waals surface area contributed by atoms with Crippen LogP contribution in [0.4, 0.5) is 5.69 Å². The van der Waals surface area contributed by atoms with E-state index in [1.54, 1.807) is 0 Å². The molecule has 0 amide bonds. The molecule has 1 aliphatic rings. The first-order chi connectivity index (χ1) is 9.45. The van der Waals surface area contributed by atoms with Gasteiger partial charge in [0.15, 0.2) is 0 Å². The Balaban J connectivity index is 2.24. The van der Waals surface area contributed by atoms with Gasteiger partial charge >= 0.3 is 5.97 Å². The molecule has 1 saturated carbocycles. The number of nitrogens with two attached hydrogens (primary N) is 1. The highest BCUT2D eigenvalue weighted by molar-refractivity contribution is 5.79. The first-order valence-electron chi connectivity index (χ1n) is 6.38. The van der Waals surface area contributed by atoms with Gasteiger partial charge in [0.2, 0.25) is 5.60 Å². The van der Waals surface area contributed by atoms with E-state index < -0.39 is 22.5 Å². The number of nitro benzene ring substituents is 1. The lowest BCUT2D eigenvalue weighted by Crippen LogP contribution is -2.59. The minimum absolute atomic E-state index is 0.0744. The molecular weight excluding hydrogens is 264 g/mol. The molecule has 2 rings (SSSR count). The second kappa shape index (κ2) is 5.46. The molecule has 0 bridgehead atoms. The molecule has 0 aliphatic heterocycles. The summed E-state index contributed by atoms with van der Waals surface area (Å²) in [6.07, 6.45) is 2.52. The fraction of sp³-hybridized carbons (Fsp3) is 0.462. The molecule has 0 saturated heterocycles. The maximum atomic E-state index is 11.6. The molecule has 1 fully saturated rings. The van der Waals surface area contributed by atoms with Gasteiger partial charge in [-0.25, -0.2) is 4.79 Å². The van der Waals surface area contributed by atoms with Crippen LogP contribution in [-0.2, 0) is 4.79 Å². The maximum absolute atomic E-state index is 11.6. The van der Waals surface area contributed by atoms with Gasteiger partial charge in [-0.05, 0) is 31.4 Å². The van der Waals surface area contributed by atoms with Gasteiger partial charge in [0, 0.05) is 12.1 Å². The molecule has 20 heavy (non-hydrogen) atoms. The molecule has 3 N–H and O–H groups in total. The summed E-state index contributed by atoms with van der Waals surface area (Å²) in [6.45, 7) is 0. The Hall–Kier alpha value is -2.15. The van der Waals surface area contributed by atoms with E-state index in [-0.39, 0.29) is 11.4 Å². The Kier molecular flexibility index (Phi) is 3.89. The lowest BCUT2D eigenvalue weighted by Gasteiger charge is -2.38. The number of non-ortho nitro benzene ring substituents is 1. The molecule has 0 spiro atoms. The van der Waals surface area contributed by atoms with E-state index in [0.29, 0.717) is 12.8 Å². The maximum Gasteiger partial charge on any atom is 0.349 e. The van der Waals surface area contributed by atoms with E-state index in [9.17, 15) is 20.0 Å². The van der Waals surface area contributed by atoms with E-state index in [1.807, 2.05) is 0 Å². The number of rotatable bonds is 4. The number of hydrogen-bond donors (Lipinski definition) is 2. The predicted molar refractivity (Wildman–Crippen MR) is 70.5 cm³/mol. The summed E-state index contributed by atoms with van der Waals surface area (Å²) in [5, 5.41) is 20.0. The average Bonchev–Trinajstić information content (AvgIpc) is 2.42. The summed E-state index contributed by atoms with van der Waals surface area (Å²) in [6, 6.07) is 4.75. The van der Waals surface area contributed by atoms with Crippen molar-refractivity contribution in [2.24, 2.45) is 5.73 Å². The Morgan fingerprint density at radius 1 is 1.40 bits per heavy atom. The fourth-order valence-corrected chi connectivity index (χ4v) is 2.45. The summed E-state index contributed by atoms with van der Waals surface area (Å²) >= 11 is 0. The predicted octanol–water partition coefficient (Wildman–Crippen LogP) is 1.70. The molecule has 0 heterocycles. The standard InChI is InChI=1S/C13H16N2O5/c14-11-3-1-2-8-13(11,12(16)17)20-10-6-4-9(5-7-10)15(18)19/h4-7,11H,1-3,8,14H2,(H,16,17). The SMILES string of the molecule is NC1CCCCC1(Oc1ccc([N+](=O)[O-])cc1)C(=O)O. The van der Waals surface area contributed by atoms with Gasteiger partial charge in [-0.1, -0.05) is 6.42 Å². The minimum Gasteiger partial charge on any atom is -0.478 e. The van der Waals surface area contributed by atoms with Crippen LogP contribution in [0.1, 0.15) is 25.7 Å². The molecule has 108 valence electrons. The number of aliphatic carboxylic acids is 1. The van der Waals surface area contributed by atoms with Gasteiger partial charge in [0.05, 0.1) is 11.0 Å². The molecule has 7 nitrogen and oxygen atoms in total. The second-order valence-corrected chi connectivity index (χ2v) is 4.90. The number of nitrogens with zero attached hydrogens (tertiary/aromatic N) is 1. The first-order valence-corrected chi connectivity index (χ1v) is 6.38. The zero-order valence-electron chi connectivity index (χ0n) is 10.8. The Morgan fingerprint density at radius 2 is 2.05 bits per heavy atom. The van der Waals surface area contributed by atoms with E-state index in [0.717, 1.165) is 12.8 Å². The van der Waals surface area contributed by atoms with Crippen LogP contribution in [0.5, 0.6) is 5.75 Å². The number of hydrogen-bond acceptors (Lipinski definition) is 5. The van der Waals surface area contributed by atoms with Gasteiger partial charge in [0.25, 0.3) is 5.69 Å². The van der Waals surface area contributed by atoms with Crippen LogP contribution in [0.2, 0.25) is 0 Å².